The van der Waals surface area contributed by atoms with Gasteiger partial charge in [0, 0.05) is 11.3 Å². The summed E-state index contributed by atoms with van der Waals surface area (Å²) in [6.45, 7) is 7.29. The molecule has 47 heavy (non-hydrogen) atoms. The highest BCUT2D eigenvalue weighted by atomic mass is 15.1. The van der Waals surface area contributed by atoms with Gasteiger partial charge in [-0.25, -0.2) is 9.83 Å². The fourth-order valence-corrected chi connectivity index (χ4v) is 6.71. The van der Waals surface area contributed by atoms with Crippen LogP contribution in [0.1, 0.15) is 0 Å². The van der Waals surface area contributed by atoms with Crippen LogP contribution in [0.25, 0.3) is 87.5 Å². The molecule has 3 heteroatoms. The summed E-state index contributed by atoms with van der Waals surface area (Å²) in [5, 5.41) is 7.04. The van der Waals surface area contributed by atoms with E-state index < -0.39 is 0 Å². The molecule has 0 spiro atoms. The number of fused-ring (bicyclic) bond motifs is 4. The Morgan fingerprint density at radius 1 is 0.426 bits per heavy atom. The molecule has 8 aromatic carbocycles. The third-order valence-corrected chi connectivity index (χ3v) is 9.13. The number of aromatic nitrogens is 2. The molecule has 0 atom stereocenters. The molecular formula is C44H27N3. The van der Waals surface area contributed by atoms with Crippen molar-refractivity contribution in [2.75, 3.05) is 0 Å². The van der Waals surface area contributed by atoms with Gasteiger partial charge >= 0.3 is 0 Å². The highest BCUT2D eigenvalue weighted by Gasteiger charge is 2.15. The van der Waals surface area contributed by atoms with E-state index in [1.807, 2.05) is 30.3 Å². The molecule has 0 bridgehead atoms. The van der Waals surface area contributed by atoms with Gasteiger partial charge in [-0.2, -0.15) is 0 Å². The van der Waals surface area contributed by atoms with Gasteiger partial charge in [-0.3, -0.25) is 4.57 Å². The molecule has 9 aromatic rings. The van der Waals surface area contributed by atoms with Crippen LogP contribution in [-0.2, 0) is 0 Å². The summed E-state index contributed by atoms with van der Waals surface area (Å²) < 4.78 is 2.25. The second kappa shape index (κ2) is 10.8. The first-order chi connectivity index (χ1) is 23.2. The molecule has 218 valence electrons. The largest absolute Gasteiger partial charge is 0.292 e. The zero-order valence-electron chi connectivity index (χ0n) is 25.4. The van der Waals surface area contributed by atoms with Crippen LogP contribution in [0.5, 0.6) is 0 Å². The minimum atomic E-state index is 0.670. The Morgan fingerprint density at radius 2 is 0.872 bits per heavy atom. The number of para-hydroxylation sites is 3. The zero-order chi connectivity index (χ0) is 31.3. The van der Waals surface area contributed by atoms with E-state index in [9.17, 15) is 0 Å². The summed E-state index contributed by atoms with van der Waals surface area (Å²) in [7, 11) is 0. The smallest absolute Gasteiger partial charge is 0.187 e. The fraction of sp³-hybridized carbons (Fsp3) is 0. The maximum atomic E-state index is 7.29. The monoisotopic (exact) mass is 597 g/mol. The second-order valence-corrected chi connectivity index (χ2v) is 12.0. The summed E-state index contributed by atoms with van der Waals surface area (Å²) >= 11 is 0. The number of nitrogens with zero attached hydrogens (tertiary/aromatic N) is 3. The molecule has 0 aliphatic heterocycles. The molecule has 0 aliphatic carbocycles. The van der Waals surface area contributed by atoms with E-state index in [4.69, 9.17) is 11.6 Å². The Hall–Kier alpha value is -6.50. The molecule has 3 nitrogen and oxygen atoms in total. The van der Waals surface area contributed by atoms with Crippen molar-refractivity contribution in [1.82, 2.24) is 9.55 Å². The summed E-state index contributed by atoms with van der Waals surface area (Å²) in [5.74, 6) is 0.940. The van der Waals surface area contributed by atoms with Crippen molar-refractivity contribution in [3.63, 3.8) is 0 Å². The maximum Gasteiger partial charge on any atom is 0.187 e. The van der Waals surface area contributed by atoms with Gasteiger partial charge in [0.15, 0.2) is 5.69 Å². The molecule has 0 unspecified atom stereocenters. The van der Waals surface area contributed by atoms with Crippen LogP contribution in [0.2, 0.25) is 0 Å². The highest BCUT2D eigenvalue weighted by Crippen LogP contribution is 2.34. The molecule has 0 fully saturated rings. The summed E-state index contributed by atoms with van der Waals surface area (Å²) in [4.78, 5) is 8.62. The lowest BCUT2D eigenvalue weighted by Crippen LogP contribution is -1.97. The zero-order valence-corrected chi connectivity index (χ0v) is 25.4. The molecule has 0 N–H and O–H groups in total. The van der Waals surface area contributed by atoms with E-state index in [0.717, 1.165) is 38.9 Å². The Morgan fingerprint density at radius 3 is 1.43 bits per heavy atom. The number of hydrogen-bond acceptors (Lipinski definition) is 1. The maximum absolute atomic E-state index is 7.29. The van der Waals surface area contributed by atoms with Gasteiger partial charge in [0.05, 0.1) is 17.6 Å². The number of hydrogen-bond donors (Lipinski definition) is 0. The Kier molecular flexibility index (Phi) is 6.19. The summed E-state index contributed by atoms with van der Waals surface area (Å²) in [6.07, 6.45) is 0. The Labute approximate surface area is 272 Å². The van der Waals surface area contributed by atoms with Crippen molar-refractivity contribution in [1.29, 1.82) is 0 Å². The Bertz CT molecular complexity index is 2690. The van der Waals surface area contributed by atoms with Crippen LogP contribution in [0.15, 0.2) is 164 Å². The first-order valence-electron chi connectivity index (χ1n) is 15.7. The normalized spacial score (nSPS) is 11.4. The van der Waals surface area contributed by atoms with E-state index in [-0.39, 0.29) is 0 Å². The van der Waals surface area contributed by atoms with Crippen LogP contribution >= 0.6 is 0 Å². The van der Waals surface area contributed by atoms with E-state index in [1.165, 1.54) is 43.8 Å². The quantitative estimate of drug-likeness (QED) is 0.185. The van der Waals surface area contributed by atoms with Gasteiger partial charge < -0.3 is 0 Å². The van der Waals surface area contributed by atoms with Crippen molar-refractivity contribution in [2.45, 2.75) is 0 Å². The Balaban J connectivity index is 1.05. The molecule has 0 saturated heterocycles. The molecule has 1 heterocycles. The predicted octanol–water partition coefficient (Wildman–Crippen LogP) is 12.0. The minimum absolute atomic E-state index is 0.670. The lowest BCUT2D eigenvalue weighted by Gasteiger charge is -2.11. The first-order valence-corrected chi connectivity index (χ1v) is 15.7. The van der Waals surface area contributed by atoms with Gasteiger partial charge in [0.2, 0.25) is 0 Å². The van der Waals surface area contributed by atoms with Crippen molar-refractivity contribution in [3.8, 4) is 39.3 Å². The van der Waals surface area contributed by atoms with E-state index in [0.29, 0.717) is 5.69 Å². The van der Waals surface area contributed by atoms with Crippen LogP contribution < -0.4 is 0 Å². The van der Waals surface area contributed by atoms with Crippen LogP contribution in [-0.4, -0.2) is 9.55 Å². The molecule has 0 aliphatic rings. The minimum Gasteiger partial charge on any atom is -0.292 e. The van der Waals surface area contributed by atoms with Crippen LogP contribution in [0.4, 0.5) is 5.69 Å². The molecule has 9 rings (SSSR count). The average Bonchev–Trinajstić information content (AvgIpc) is 3.53. The topological polar surface area (TPSA) is 22.2 Å². The standard InChI is InChI=1S/C44H27N3/c1-45-40-22-21-37-26-34(17-18-38(37)28-40)32-14-13-29-23-31(12-11-30(29)24-32)33-15-16-36-27-39(20-19-35(36)25-33)44-46-42-9-5-6-10-43(42)47(44)41-7-3-2-4-8-41/h2-28H. The molecular weight excluding hydrogens is 571 g/mol. The van der Waals surface area contributed by atoms with E-state index >= 15 is 0 Å². The highest BCUT2D eigenvalue weighted by molar-refractivity contribution is 5.96. The molecule has 0 saturated carbocycles. The SMILES string of the molecule is [C-]#[N+]c1ccc2cc(-c3ccc4cc(-c5ccc6cc(-c7nc8ccccc8n7-c7ccccc7)ccc6c5)ccc4c3)ccc2c1. The van der Waals surface area contributed by atoms with Crippen molar-refractivity contribution in [3.05, 3.63) is 175 Å². The van der Waals surface area contributed by atoms with Gasteiger partial charge in [-0.15, -0.1) is 0 Å². The predicted molar refractivity (Wildman–Crippen MR) is 196 cm³/mol. The molecule has 0 radical (unpaired) electrons. The van der Waals surface area contributed by atoms with Crippen molar-refractivity contribution >= 4 is 49.0 Å². The third-order valence-electron chi connectivity index (χ3n) is 9.13. The van der Waals surface area contributed by atoms with Crippen molar-refractivity contribution < 1.29 is 0 Å². The average molecular weight is 598 g/mol. The molecule has 0 amide bonds. The first kappa shape index (κ1) is 26.9. The van der Waals surface area contributed by atoms with Crippen LogP contribution in [0, 0.1) is 6.57 Å². The van der Waals surface area contributed by atoms with Crippen molar-refractivity contribution in [2.24, 2.45) is 0 Å². The second-order valence-electron chi connectivity index (χ2n) is 12.0. The lowest BCUT2D eigenvalue weighted by molar-refractivity contribution is 1.10. The van der Waals surface area contributed by atoms with Gasteiger partial charge in [-0.1, -0.05) is 103 Å². The molecule has 1 aromatic heterocycles. The third kappa shape index (κ3) is 4.72. The number of imidazole rings is 1. The van der Waals surface area contributed by atoms with Gasteiger partial charge in [0.1, 0.15) is 5.82 Å². The lowest BCUT2D eigenvalue weighted by atomic mass is 9.95. The summed E-state index contributed by atoms with van der Waals surface area (Å²) in [5.41, 5.74) is 9.69. The fourth-order valence-electron chi connectivity index (χ4n) is 6.71. The van der Waals surface area contributed by atoms with E-state index in [1.54, 1.807) is 0 Å². The van der Waals surface area contributed by atoms with Crippen LogP contribution in [0.3, 0.4) is 0 Å². The number of rotatable bonds is 4. The van der Waals surface area contributed by atoms with Gasteiger partial charge in [0.25, 0.3) is 0 Å². The van der Waals surface area contributed by atoms with E-state index in [2.05, 4.69) is 143 Å². The summed E-state index contributed by atoms with van der Waals surface area (Å²) in [6, 6.07) is 57.8. The van der Waals surface area contributed by atoms with Gasteiger partial charge in [-0.05, 0) is 115 Å². The number of benzene rings is 8.